The lowest BCUT2D eigenvalue weighted by Gasteiger charge is -2.10. The van der Waals surface area contributed by atoms with Crippen LogP contribution in [0.1, 0.15) is 11.3 Å². The van der Waals surface area contributed by atoms with Crippen molar-refractivity contribution in [2.24, 2.45) is 0 Å². The third-order valence-electron chi connectivity index (χ3n) is 2.18. The molecule has 1 aromatic rings. The fraction of sp³-hybridized carbons (Fsp3) is 0.200. The fourth-order valence-corrected chi connectivity index (χ4v) is 1.83. The van der Waals surface area contributed by atoms with Gasteiger partial charge in [-0.05, 0) is 6.07 Å². The van der Waals surface area contributed by atoms with Crippen molar-refractivity contribution in [2.45, 2.75) is 10.2 Å². The first kappa shape index (κ1) is 10.9. The van der Waals surface area contributed by atoms with Crippen LogP contribution in [0.25, 0.3) is 5.57 Å². The lowest BCUT2D eigenvalue weighted by Crippen LogP contribution is -2.19. The Morgan fingerprint density at radius 2 is 2.13 bits per heavy atom. The van der Waals surface area contributed by atoms with Gasteiger partial charge in [0.05, 0.1) is 5.69 Å². The molecular weight excluding hydrogens is 256 g/mol. The summed E-state index contributed by atoms with van der Waals surface area (Å²) in [4.78, 5) is 15.9. The van der Waals surface area contributed by atoms with E-state index in [4.69, 9.17) is 34.8 Å². The molecule has 1 heterocycles. The normalized spacial score (nSPS) is 14.7. The highest BCUT2D eigenvalue weighted by Crippen LogP contribution is 2.36. The number of aromatic nitrogens is 1. The van der Waals surface area contributed by atoms with Gasteiger partial charge in [-0.2, -0.15) is 0 Å². The predicted octanol–water partition coefficient (Wildman–Crippen LogP) is 2.96. The summed E-state index contributed by atoms with van der Waals surface area (Å²) in [6.07, 6.45) is 4.02. The molecule has 0 fully saturated rings. The molecule has 0 atom stereocenters. The van der Waals surface area contributed by atoms with E-state index in [1.807, 2.05) is 0 Å². The van der Waals surface area contributed by atoms with Crippen LogP contribution in [0, 0.1) is 0 Å². The van der Waals surface area contributed by atoms with E-state index in [1.165, 1.54) is 0 Å². The van der Waals surface area contributed by atoms with Gasteiger partial charge < -0.3 is 0 Å². The number of Topliss-reactive ketones (excluding diaryl/α,β-unsaturated/α-hetero) is 1. The Balaban J connectivity index is 2.40. The third kappa shape index (κ3) is 2.03. The average molecular weight is 263 g/mol. The molecule has 2 rings (SSSR count). The number of rotatable bonds is 1. The predicted molar refractivity (Wildman–Crippen MR) is 61.2 cm³/mol. The molecule has 15 heavy (non-hydrogen) atoms. The second-order valence-electron chi connectivity index (χ2n) is 3.15. The zero-order valence-electron chi connectivity index (χ0n) is 7.51. The van der Waals surface area contributed by atoms with E-state index in [0.29, 0.717) is 12.0 Å². The first-order valence-electron chi connectivity index (χ1n) is 4.26. The first-order chi connectivity index (χ1) is 7.00. The molecule has 0 saturated carbocycles. The Morgan fingerprint density at radius 1 is 1.40 bits per heavy atom. The minimum atomic E-state index is -1.90. The maximum absolute atomic E-state index is 11.7. The van der Waals surface area contributed by atoms with Crippen LogP contribution in [-0.2, 0) is 11.2 Å². The first-order valence-corrected chi connectivity index (χ1v) is 5.39. The van der Waals surface area contributed by atoms with Gasteiger partial charge in [-0.1, -0.05) is 46.9 Å². The molecule has 0 aliphatic heterocycles. The highest BCUT2D eigenvalue weighted by atomic mass is 35.6. The molecule has 0 spiro atoms. The SMILES string of the molecule is O=C(C1=CCc2ncccc21)C(Cl)(Cl)Cl. The minimum Gasteiger partial charge on any atom is -0.289 e. The van der Waals surface area contributed by atoms with Gasteiger partial charge >= 0.3 is 0 Å². The number of hydrogen-bond acceptors (Lipinski definition) is 2. The van der Waals surface area contributed by atoms with Crippen molar-refractivity contribution in [2.75, 3.05) is 0 Å². The van der Waals surface area contributed by atoms with Gasteiger partial charge in [0, 0.05) is 23.8 Å². The summed E-state index contributed by atoms with van der Waals surface area (Å²) in [5.74, 6) is -0.501. The zero-order valence-corrected chi connectivity index (χ0v) is 9.77. The van der Waals surface area contributed by atoms with Gasteiger partial charge in [0.15, 0.2) is 0 Å². The molecule has 1 aliphatic rings. The fourth-order valence-electron chi connectivity index (χ4n) is 1.52. The van der Waals surface area contributed by atoms with Crippen molar-refractivity contribution in [3.63, 3.8) is 0 Å². The topological polar surface area (TPSA) is 30.0 Å². The molecule has 0 radical (unpaired) electrons. The van der Waals surface area contributed by atoms with E-state index in [1.54, 1.807) is 24.4 Å². The molecule has 2 nitrogen and oxygen atoms in total. The monoisotopic (exact) mass is 261 g/mol. The lowest BCUT2D eigenvalue weighted by atomic mass is 10.1. The molecule has 1 aromatic heterocycles. The molecule has 0 N–H and O–H groups in total. The van der Waals surface area contributed by atoms with E-state index >= 15 is 0 Å². The molecule has 5 heteroatoms. The third-order valence-corrected chi connectivity index (χ3v) is 2.70. The van der Waals surface area contributed by atoms with E-state index in [-0.39, 0.29) is 0 Å². The largest absolute Gasteiger partial charge is 0.289 e. The standard InChI is InChI=1S/C10H6Cl3NO/c11-10(12,13)9(15)7-3-4-8-6(7)2-1-5-14-8/h1-3,5H,4H2. The minimum absolute atomic E-state index is 0.443. The van der Waals surface area contributed by atoms with Crippen LogP contribution < -0.4 is 0 Å². The maximum Gasteiger partial charge on any atom is 0.253 e. The smallest absolute Gasteiger partial charge is 0.253 e. The van der Waals surface area contributed by atoms with Gasteiger partial charge in [-0.25, -0.2) is 0 Å². The van der Waals surface area contributed by atoms with Crippen molar-refractivity contribution in [3.05, 3.63) is 35.7 Å². The number of hydrogen-bond donors (Lipinski definition) is 0. The molecule has 0 bridgehead atoms. The van der Waals surface area contributed by atoms with Crippen molar-refractivity contribution in [3.8, 4) is 0 Å². The zero-order chi connectivity index (χ0) is 11.1. The Bertz CT molecular complexity index is 448. The number of alkyl halides is 3. The van der Waals surface area contributed by atoms with Gasteiger partial charge in [0.1, 0.15) is 0 Å². The van der Waals surface area contributed by atoms with Crippen LogP contribution in [0.2, 0.25) is 0 Å². The van der Waals surface area contributed by atoms with Crippen LogP contribution in [0.15, 0.2) is 24.4 Å². The second-order valence-corrected chi connectivity index (χ2v) is 5.43. The molecule has 78 valence electrons. The van der Waals surface area contributed by atoms with E-state index < -0.39 is 9.58 Å². The Kier molecular flexibility index (Phi) is 2.75. The number of pyridine rings is 1. The average Bonchev–Trinajstić information content (AvgIpc) is 2.58. The number of nitrogens with zero attached hydrogens (tertiary/aromatic N) is 1. The van der Waals surface area contributed by atoms with Crippen LogP contribution >= 0.6 is 34.8 Å². The molecule has 0 amide bonds. The van der Waals surface area contributed by atoms with Crippen LogP contribution in [-0.4, -0.2) is 14.6 Å². The maximum atomic E-state index is 11.7. The van der Waals surface area contributed by atoms with Gasteiger partial charge in [-0.15, -0.1) is 0 Å². The van der Waals surface area contributed by atoms with Crippen molar-refractivity contribution < 1.29 is 4.79 Å². The Hall–Kier alpha value is -0.570. The van der Waals surface area contributed by atoms with Crippen LogP contribution in [0.3, 0.4) is 0 Å². The summed E-state index contributed by atoms with van der Waals surface area (Å²) < 4.78 is -1.90. The van der Waals surface area contributed by atoms with E-state index in [9.17, 15) is 4.79 Å². The number of allylic oxidation sites excluding steroid dienone is 2. The number of halogens is 3. The van der Waals surface area contributed by atoms with E-state index in [0.717, 1.165) is 11.3 Å². The van der Waals surface area contributed by atoms with Gasteiger partial charge in [0.25, 0.3) is 3.79 Å². The van der Waals surface area contributed by atoms with Crippen molar-refractivity contribution >= 4 is 46.2 Å². The second kappa shape index (κ2) is 3.78. The molecule has 1 aliphatic carbocycles. The number of ketones is 1. The summed E-state index contributed by atoms with van der Waals surface area (Å²) in [5, 5.41) is 0. The van der Waals surface area contributed by atoms with Crippen molar-refractivity contribution in [1.82, 2.24) is 4.98 Å². The quantitative estimate of drug-likeness (QED) is 0.728. The number of fused-ring (bicyclic) bond motifs is 1. The summed E-state index contributed by atoms with van der Waals surface area (Å²) in [7, 11) is 0. The summed E-state index contributed by atoms with van der Waals surface area (Å²) in [6, 6.07) is 3.55. The van der Waals surface area contributed by atoms with Gasteiger partial charge in [0.2, 0.25) is 5.78 Å². The highest BCUT2D eigenvalue weighted by molar-refractivity contribution is 6.79. The van der Waals surface area contributed by atoms with Crippen LogP contribution in [0.5, 0.6) is 0 Å². The molecular formula is C10H6Cl3NO. The number of carbonyl (C=O) groups excluding carboxylic acids is 1. The van der Waals surface area contributed by atoms with Crippen molar-refractivity contribution in [1.29, 1.82) is 0 Å². The summed E-state index contributed by atoms with van der Waals surface area (Å²) >= 11 is 16.7. The van der Waals surface area contributed by atoms with Crippen LogP contribution in [0.4, 0.5) is 0 Å². The Morgan fingerprint density at radius 3 is 2.80 bits per heavy atom. The molecule has 0 saturated heterocycles. The summed E-state index contributed by atoms with van der Waals surface area (Å²) in [5.41, 5.74) is 2.04. The Labute approximate surface area is 102 Å². The van der Waals surface area contributed by atoms with Gasteiger partial charge in [-0.3, -0.25) is 9.78 Å². The lowest BCUT2D eigenvalue weighted by molar-refractivity contribution is -0.112. The molecule has 0 aromatic carbocycles. The summed E-state index contributed by atoms with van der Waals surface area (Å²) in [6.45, 7) is 0. The molecule has 0 unspecified atom stereocenters. The number of carbonyl (C=O) groups is 1. The van der Waals surface area contributed by atoms with E-state index in [2.05, 4.69) is 4.98 Å². The highest BCUT2D eigenvalue weighted by Gasteiger charge is 2.35.